The standard InChI is InChI=1S/C15H19N3S/c1-11(16)15-17-13(10-19-15)9-18-8-4-6-12-5-2-3-7-14(12)18/h2-3,5,7,10-11H,4,6,8-9,16H2,1H3. The van der Waals surface area contributed by atoms with Gasteiger partial charge in [-0.05, 0) is 31.4 Å². The summed E-state index contributed by atoms with van der Waals surface area (Å²) in [6.45, 7) is 3.99. The summed E-state index contributed by atoms with van der Waals surface area (Å²) in [6.07, 6.45) is 2.41. The molecule has 1 aromatic heterocycles. The van der Waals surface area contributed by atoms with Crippen LogP contribution in [-0.4, -0.2) is 11.5 Å². The zero-order chi connectivity index (χ0) is 13.2. The molecule has 1 atom stereocenters. The molecule has 19 heavy (non-hydrogen) atoms. The first-order valence-corrected chi connectivity index (χ1v) is 7.65. The Hall–Kier alpha value is -1.39. The van der Waals surface area contributed by atoms with Gasteiger partial charge in [0.15, 0.2) is 0 Å². The van der Waals surface area contributed by atoms with Crippen LogP contribution in [0.15, 0.2) is 29.6 Å². The molecule has 0 fully saturated rings. The van der Waals surface area contributed by atoms with Crippen LogP contribution in [0.3, 0.4) is 0 Å². The predicted molar refractivity (Wildman–Crippen MR) is 80.5 cm³/mol. The van der Waals surface area contributed by atoms with E-state index in [0.717, 1.165) is 23.8 Å². The zero-order valence-corrected chi connectivity index (χ0v) is 12.0. The Morgan fingerprint density at radius 1 is 1.42 bits per heavy atom. The molecule has 0 aliphatic carbocycles. The molecule has 1 aliphatic rings. The number of thiazole rings is 1. The summed E-state index contributed by atoms with van der Waals surface area (Å²) >= 11 is 1.66. The summed E-state index contributed by atoms with van der Waals surface area (Å²) in [5, 5.41) is 3.16. The molecular formula is C15H19N3S. The molecule has 3 nitrogen and oxygen atoms in total. The first kappa shape index (κ1) is 12.6. The number of anilines is 1. The summed E-state index contributed by atoms with van der Waals surface area (Å²) < 4.78 is 0. The predicted octanol–water partition coefficient (Wildman–Crippen LogP) is 3.12. The summed E-state index contributed by atoms with van der Waals surface area (Å²) in [4.78, 5) is 7.06. The van der Waals surface area contributed by atoms with Gasteiger partial charge in [0.2, 0.25) is 0 Å². The molecule has 1 aliphatic heterocycles. The summed E-state index contributed by atoms with van der Waals surface area (Å²) in [6, 6.07) is 8.72. The highest BCUT2D eigenvalue weighted by Crippen LogP contribution is 2.28. The summed E-state index contributed by atoms with van der Waals surface area (Å²) in [7, 11) is 0. The molecule has 2 heterocycles. The van der Waals surface area contributed by atoms with E-state index in [0.29, 0.717) is 0 Å². The fourth-order valence-electron chi connectivity index (χ4n) is 2.58. The molecule has 2 aromatic rings. The van der Waals surface area contributed by atoms with E-state index in [2.05, 4.69) is 39.5 Å². The van der Waals surface area contributed by atoms with Crippen molar-refractivity contribution in [1.29, 1.82) is 0 Å². The van der Waals surface area contributed by atoms with Gasteiger partial charge in [0, 0.05) is 17.6 Å². The van der Waals surface area contributed by atoms with Gasteiger partial charge in [0.05, 0.1) is 18.3 Å². The van der Waals surface area contributed by atoms with Crippen LogP contribution in [0.4, 0.5) is 5.69 Å². The summed E-state index contributed by atoms with van der Waals surface area (Å²) in [5.41, 5.74) is 9.82. The van der Waals surface area contributed by atoms with Gasteiger partial charge in [0.25, 0.3) is 0 Å². The van der Waals surface area contributed by atoms with E-state index in [4.69, 9.17) is 5.73 Å². The Balaban J connectivity index is 1.80. The zero-order valence-electron chi connectivity index (χ0n) is 11.2. The number of nitrogens with two attached hydrogens (primary N) is 1. The molecule has 3 rings (SSSR count). The lowest BCUT2D eigenvalue weighted by Gasteiger charge is -2.30. The molecule has 100 valence electrons. The van der Waals surface area contributed by atoms with Crippen LogP contribution in [0, 0.1) is 0 Å². The smallest absolute Gasteiger partial charge is 0.109 e. The third-order valence-electron chi connectivity index (χ3n) is 3.52. The normalized spacial score (nSPS) is 16.2. The van der Waals surface area contributed by atoms with Gasteiger partial charge in [-0.3, -0.25) is 0 Å². The highest BCUT2D eigenvalue weighted by Gasteiger charge is 2.17. The quantitative estimate of drug-likeness (QED) is 0.934. The van der Waals surface area contributed by atoms with E-state index in [1.54, 1.807) is 11.3 Å². The number of fused-ring (bicyclic) bond motifs is 1. The van der Waals surface area contributed by atoms with Crippen LogP contribution in [0.1, 0.15) is 35.7 Å². The minimum Gasteiger partial charge on any atom is -0.365 e. The van der Waals surface area contributed by atoms with E-state index in [-0.39, 0.29) is 6.04 Å². The molecule has 0 spiro atoms. The molecule has 2 N–H and O–H groups in total. The van der Waals surface area contributed by atoms with E-state index >= 15 is 0 Å². The fraction of sp³-hybridized carbons (Fsp3) is 0.400. The second-order valence-corrected chi connectivity index (χ2v) is 6.01. The molecule has 0 bridgehead atoms. The Labute approximate surface area is 118 Å². The van der Waals surface area contributed by atoms with Gasteiger partial charge < -0.3 is 10.6 Å². The SMILES string of the molecule is CC(N)c1nc(CN2CCCc3ccccc32)cs1. The Bertz CT molecular complexity index is 562. The van der Waals surface area contributed by atoms with Gasteiger partial charge >= 0.3 is 0 Å². The molecule has 4 heteroatoms. The Morgan fingerprint density at radius 3 is 3.05 bits per heavy atom. The van der Waals surface area contributed by atoms with Crippen LogP contribution in [0.2, 0.25) is 0 Å². The van der Waals surface area contributed by atoms with E-state index in [1.807, 2.05) is 6.92 Å². The third kappa shape index (κ3) is 2.65. The molecule has 0 amide bonds. The van der Waals surface area contributed by atoms with Crippen molar-refractivity contribution in [3.63, 3.8) is 0 Å². The van der Waals surface area contributed by atoms with Gasteiger partial charge in [0.1, 0.15) is 5.01 Å². The maximum absolute atomic E-state index is 5.87. The van der Waals surface area contributed by atoms with Crippen molar-refractivity contribution in [1.82, 2.24) is 4.98 Å². The number of hydrogen-bond acceptors (Lipinski definition) is 4. The Kier molecular flexibility index (Phi) is 3.53. The van der Waals surface area contributed by atoms with Crippen LogP contribution in [-0.2, 0) is 13.0 Å². The average molecular weight is 273 g/mol. The lowest BCUT2D eigenvalue weighted by Crippen LogP contribution is -2.28. The van der Waals surface area contributed by atoms with Crippen molar-refractivity contribution < 1.29 is 0 Å². The van der Waals surface area contributed by atoms with Gasteiger partial charge in [-0.25, -0.2) is 4.98 Å². The lowest BCUT2D eigenvalue weighted by molar-refractivity contribution is 0.682. The number of nitrogens with zero attached hydrogens (tertiary/aromatic N) is 2. The van der Waals surface area contributed by atoms with Crippen LogP contribution >= 0.6 is 11.3 Å². The maximum atomic E-state index is 5.87. The van der Waals surface area contributed by atoms with Gasteiger partial charge in [-0.2, -0.15) is 0 Å². The third-order valence-corrected chi connectivity index (χ3v) is 4.61. The largest absolute Gasteiger partial charge is 0.365 e. The van der Waals surface area contributed by atoms with E-state index in [9.17, 15) is 0 Å². The highest BCUT2D eigenvalue weighted by atomic mass is 32.1. The van der Waals surface area contributed by atoms with Crippen LogP contribution < -0.4 is 10.6 Å². The first-order valence-electron chi connectivity index (χ1n) is 6.77. The molecule has 0 radical (unpaired) electrons. The maximum Gasteiger partial charge on any atom is 0.109 e. The molecule has 0 saturated carbocycles. The number of hydrogen-bond donors (Lipinski definition) is 1. The minimum atomic E-state index is 0.0346. The van der Waals surface area contributed by atoms with Crippen LogP contribution in [0.5, 0.6) is 0 Å². The average Bonchev–Trinajstić information content (AvgIpc) is 2.88. The monoisotopic (exact) mass is 273 g/mol. The van der Waals surface area contributed by atoms with Crippen molar-refractivity contribution in [3.05, 3.63) is 45.9 Å². The number of para-hydroxylation sites is 1. The topological polar surface area (TPSA) is 42.1 Å². The summed E-state index contributed by atoms with van der Waals surface area (Å²) in [5.74, 6) is 0. The van der Waals surface area contributed by atoms with E-state index in [1.165, 1.54) is 24.1 Å². The van der Waals surface area contributed by atoms with Crippen LogP contribution in [0.25, 0.3) is 0 Å². The van der Waals surface area contributed by atoms with Crippen molar-refractivity contribution in [2.75, 3.05) is 11.4 Å². The fourth-order valence-corrected chi connectivity index (χ4v) is 3.34. The van der Waals surface area contributed by atoms with Gasteiger partial charge in [-0.1, -0.05) is 18.2 Å². The number of aromatic nitrogens is 1. The van der Waals surface area contributed by atoms with Crippen molar-refractivity contribution in [2.45, 2.75) is 32.4 Å². The molecular weight excluding hydrogens is 254 g/mol. The lowest BCUT2D eigenvalue weighted by atomic mass is 10.0. The number of aryl methyl sites for hydroxylation is 1. The molecule has 1 aromatic carbocycles. The Morgan fingerprint density at radius 2 is 2.26 bits per heavy atom. The molecule has 1 unspecified atom stereocenters. The highest BCUT2D eigenvalue weighted by molar-refractivity contribution is 7.09. The second kappa shape index (κ2) is 5.31. The second-order valence-electron chi connectivity index (χ2n) is 5.12. The van der Waals surface area contributed by atoms with Gasteiger partial charge in [-0.15, -0.1) is 11.3 Å². The first-order chi connectivity index (χ1) is 9.24. The number of benzene rings is 1. The minimum absolute atomic E-state index is 0.0346. The van der Waals surface area contributed by atoms with Crippen molar-refractivity contribution >= 4 is 17.0 Å². The van der Waals surface area contributed by atoms with Crippen molar-refractivity contribution in [2.24, 2.45) is 5.73 Å². The van der Waals surface area contributed by atoms with E-state index < -0.39 is 0 Å². The molecule has 0 saturated heterocycles. The number of rotatable bonds is 3. The van der Waals surface area contributed by atoms with Crippen molar-refractivity contribution in [3.8, 4) is 0 Å².